The molecule has 0 spiro atoms. The van der Waals surface area contributed by atoms with Gasteiger partial charge >= 0.3 is 0 Å². The molecule has 3 rings (SSSR count). The second-order valence-electron chi connectivity index (χ2n) is 5.06. The Morgan fingerprint density at radius 1 is 0.950 bits per heavy atom. The lowest BCUT2D eigenvalue weighted by Gasteiger charge is -2.11. The number of anilines is 1. The molecule has 0 fully saturated rings. The number of nitrogen functional groups attached to an aromatic ring is 1. The van der Waals surface area contributed by atoms with Gasteiger partial charge in [-0.2, -0.15) is 0 Å². The fraction of sp³-hybridized carbons (Fsp3) is 0.294. The predicted molar refractivity (Wildman–Crippen MR) is 80.6 cm³/mol. The van der Waals surface area contributed by atoms with Gasteiger partial charge in [0, 0.05) is 23.9 Å². The van der Waals surface area contributed by atoms with Gasteiger partial charge in [0.05, 0.1) is 6.61 Å². The second-order valence-corrected chi connectivity index (χ2v) is 5.06. The van der Waals surface area contributed by atoms with Crippen molar-refractivity contribution in [1.82, 2.24) is 0 Å². The van der Waals surface area contributed by atoms with Crippen molar-refractivity contribution in [3.8, 4) is 17.2 Å². The summed E-state index contributed by atoms with van der Waals surface area (Å²) in [4.78, 5) is 0. The van der Waals surface area contributed by atoms with Crippen LogP contribution in [0.5, 0.6) is 17.2 Å². The summed E-state index contributed by atoms with van der Waals surface area (Å²) in [6.45, 7) is 2.56. The van der Waals surface area contributed by atoms with Crippen LogP contribution >= 0.6 is 0 Å². The average Bonchev–Trinajstić information content (AvgIpc) is 2.85. The number of benzene rings is 2. The zero-order valence-corrected chi connectivity index (χ0v) is 11.7. The van der Waals surface area contributed by atoms with Gasteiger partial charge in [0.25, 0.3) is 0 Å². The van der Waals surface area contributed by atoms with E-state index in [2.05, 4.69) is 12.1 Å². The largest absolute Gasteiger partial charge is 0.494 e. The number of fused-ring (bicyclic) bond motifs is 1. The van der Waals surface area contributed by atoms with Crippen LogP contribution in [-0.2, 0) is 12.8 Å². The monoisotopic (exact) mass is 269 g/mol. The van der Waals surface area contributed by atoms with Gasteiger partial charge < -0.3 is 15.2 Å². The van der Waals surface area contributed by atoms with Crippen LogP contribution < -0.4 is 15.2 Å². The van der Waals surface area contributed by atoms with E-state index in [0.29, 0.717) is 18.0 Å². The molecule has 0 aromatic heterocycles. The summed E-state index contributed by atoms with van der Waals surface area (Å²) < 4.78 is 11.4. The Bertz CT molecular complexity index is 622. The fourth-order valence-electron chi connectivity index (χ4n) is 2.65. The molecule has 0 amide bonds. The van der Waals surface area contributed by atoms with Crippen molar-refractivity contribution in [3.05, 3.63) is 47.5 Å². The van der Waals surface area contributed by atoms with Gasteiger partial charge in [-0.1, -0.05) is 6.07 Å². The first-order chi connectivity index (χ1) is 9.74. The molecular formula is C17H19NO2. The number of hydrogen-bond donors (Lipinski definition) is 1. The Kier molecular flexibility index (Phi) is 3.50. The molecule has 1 aliphatic carbocycles. The van der Waals surface area contributed by atoms with E-state index >= 15 is 0 Å². The highest BCUT2D eigenvalue weighted by atomic mass is 16.5. The molecule has 1 aliphatic rings. The summed E-state index contributed by atoms with van der Waals surface area (Å²) in [7, 11) is 0. The predicted octanol–water partition coefficient (Wildman–Crippen LogP) is 3.95. The van der Waals surface area contributed by atoms with Crippen molar-refractivity contribution < 1.29 is 9.47 Å². The van der Waals surface area contributed by atoms with Crippen LogP contribution in [0.1, 0.15) is 24.5 Å². The van der Waals surface area contributed by atoms with Gasteiger partial charge in [0.2, 0.25) is 0 Å². The van der Waals surface area contributed by atoms with E-state index in [1.165, 1.54) is 24.0 Å². The summed E-state index contributed by atoms with van der Waals surface area (Å²) in [5.41, 5.74) is 9.36. The third-order valence-electron chi connectivity index (χ3n) is 3.52. The molecule has 0 saturated carbocycles. The van der Waals surface area contributed by atoms with Crippen LogP contribution in [0, 0.1) is 0 Å². The smallest absolute Gasteiger partial charge is 0.133 e. The molecule has 2 N–H and O–H groups in total. The highest BCUT2D eigenvalue weighted by Crippen LogP contribution is 2.31. The van der Waals surface area contributed by atoms with Crippen LogP contribution in [0.25, 0.3) is 0 Å². The first-order valence-corrected chi connectivity index (χ1v) is 7.07. The van der Waals surface area contributed by atoms with Crippen molar-refractivity contribution >= 4 is 5.69 Å². The molecule has 3 heteroatoms. The third kappa shape index (κ3) is 2.72. The highest BCUT2D eigenvalue weighted by Gasteiger charge is 2.11. The van der Waals surface area contributed by atoms with Gasteiger partial charge in [-0.05, 0) is 49.4 Å². The van der Waals surface area contributed by atoms with Crippen molar-refractivity contribution in [2.75, 3.05) is 12.3 Å². The number of rotatable bonds is 4. The van der Waals surface area contributed by atoms with Crippen molar-refractivity contribution in [2.45, 2.75) is 26.2 Å². The Morgan fingerprint density at radius 3 is 2.60 bits per heavy atom. The first kappa shape index (κ1) is 12.9. The van der Waals surface area contributed by atoms with Crippen molar-refractivity contribution in [2.24, 2.45) is 0 Å². The number of ether oxygens (including phenoxy) is 2. The van der Waals surface area contributed by atoms with Crippen LogP contribution in [0.15, 0.2) is 36.4 Å². The highest BCUT2D eigenvalue weighted by molar-refractivity contribution is 5.51. The van der Waals surface area contributed by atoms with E-state index < -0.39 is 0 Å². The maximum absolute atomic E-state index is 5.91. The average molecular weight is 269 g/mol. The van der Waals surface area contributed by atoms with Gasteiger partial charge in [0.1, 0.15) is 17.2 Å². The van der Waals surface area contributed by atoms with Crippen LogP contribution in [0.2, 0.25) is 0 Å². The van der Waals surface area contributed by atoms with E-state index in [4.69, 9.17) is 15.2 Å². The van der Waals surface area contributed by atoms with Crippen molar-refractivity contribution in [3.63, 3.8) is 0 Å². The molecule has 2 aromatic rings. The molecule has 0 bridgehead atoms. The minimum atomic E-state index is 0.613. The zero-order chi connectivity index (χ0) is 13.9. The molecule has 104 valence electrons. The molecule has 0 unspecified atom stereocenters. The zero-order valence-electron chi connectivity index (χ0n) is 11.7. The summed E-state index contributed by atoms with van der Waals surface area (Å²) >= 11 is 0. The Balaban J connectivity index is 1.83. The summed E-state index contributed by atoms with van der Waals surface area (Å²) in [5, 5.41) is 0. The lowest BCUT2D eigenvalue weighted by atomic mass is 10.1. The standard InChI is InChI=1S/C17H19NO2/c1-2-19-16-9-14(18)10-17(11-16)20-15-7-6-12-4-3-5-13(12)8-15/h6-11H,2-5,18H2,1H3. The Labute approximate surface area is 119 Å². The minimum absolute atomic E-state index is 0.613. The number of hydrogen-bond acceptors (Lipinski definition) is 3. The number of aryl methyl sites for hydroxylation is 2. The van der Waals surface area contributed by atoms with Gasteiger partial charge in [-0.3, -0.25) is 0 Å². The quantitative estimate of drug-likeness (QED) is 0.855. The van der Waals surface area contributed by atoms with Crippen LogP contribution in [0.4, 0.5) is 5.69 Å². The maximum atomic E-state index is 5.91. The second kappa shape index (κ2) is 5.45. The molecule has 2 aromatic carbocycles. The molecule has 0 aliphatic heterocycles. The van der Waals surface area contributed by atoms with Crippen LogP contribution in [-0.4, -0.2) is 6.61 Å². The lowest BCUT2D eigenvalue weighted by Crippen LogP contribution is -1.95. The fourth-order valence-corrected chi connectivity index (χ4v) is 2.65. The molecule has 0 heterocycles. The van der Waals surface area contributed by atoms with E-state index in [9.17, 15) is 0 Å². The molecule has 0 atom stereocenters. The normalized spacial score (nSPS) is 13.1. The first-order valence-electron chi connectivity index (χ1n) is 7.07. The SMILES string of the molecule is CCOc1cc(N)cc(Oc2ccc3c(c2)CCC3)c1. The topological polar surface area (TPSA) is 44.5 Å². The maximum Gasteiger partial charge on any atom is 0.133 e. The van der Waals surface area contributed by atoms with E-state index in [-0.39, 0.29) is 0 Å². The van der Waals surface area contributed by atoms with E-state index in [1.807, 2.05) is 25.1 Å². The van der Waals surface area contributed by atoms with Crippen LogP contribution in [0.3, 0.4) is 0 Å². The number of nitrogens with two attached hydrogens (primary N) is 1. The van der Waals surface area contributed by atoms with Gasteiger partial charge in [-0.25, -0.2) is 0 Å². The molecule has 0 saturated heterocycles. The third-order valence-corrected chi connectivity index (χ3v) is 3.52. The van der Waals surface area contributed by atoms with Gasteiger partial charge in [0.15, 0.2) is 0 Å². The summed E-state index contributed by atoms with van der Waals surface area (Å²) in [5.74, 6) is 2.31. The minimum Gasteiger partial charge on any atom is -0.494 e. The Hall–Kier alpha value is -2.16. The summed E-state index contributed by atoms with van der Waals surface area (Å²) in [6.07, 6.45) is 3.57. The Morgan fingerprint density at radius 2 is 1.75 bits per heavy atom. The van der Waals surface area contributed by atoms with E-state index in [1.54, 1.807) is 6.07 Å². The summed E-state index contributed by atoms with van der Waals surface area (Å²) in [6, 6.07) is 11.8. The lowest BCUT2D eigenvalue weighted by molar-refractivity contribution is 0.338. The van der Waals surface area contributed by atoms with E-state index in [0.717, 1.165) is 17.9 Å². The molecule has 0 radical (unpaired) electrons. The van der Waals surface area contributed by atoms with Crippen molar-refractivity contribution in [1.29, 1.82) is 0 Å². The molecular weight excluding hydrogens is 250 g/mol. The van der Waals surface area contributed by atoms with Gasteiger partial charge in [-0.15, -0.1) is 0 Å². The molecule has 20 heavy (non-hydrogen) atoms. The molecule has 3 nitrogen and oxygen atoms in total.